The first-order valence-electron chi connectivity index (χ1n) is 9.57. The number of nitrogens with two attached hydrogens (primary N) is 1. The molecule has 2 heterocycles. The number of carbonyl (C=O) groups is 2. The van der Waals surface area contributed by atoms with Crippen LogP contribution >= 0.6 is 0 Å². The van der Waals surface area contributed by atoms with E-state index in [1.54, 1.807) is 48.5 Å². The Morgan fingerprint density at radius 1 is 1.06 bits per heavy atom. The number of nitrogens with zero attached hydrogens (tertiary/aromatic N) is 2. The maximum absolute atomic E-state index is 13.0. The molecule has 32 heavy (non-hydrogen) atoms. The third-order valence-electron chi connectivity index (χ3n) is 5.22. The molecule has 4 rings (SSSR count). The molecule has 9 nitrogen and oxygen atoms in total. The van der Waals surface area contributed by atoms with Crippen molar-refractivity contribution < 1.29 is 28.5 Å². The van der Waals surface area contributed by atoms with Gasteiger partial charge in [0.1, 0.15) is 11.5 Å². The maximum atomic E-state index is 13.0. The third-order valence-corrected chi connectivity index (χ3v) is 5.22. The molecule has 0 unspecified atom stereocenters. The summed E-state index contributed by atoms with van der Waals surface area (Å²) in [7, 11) is 2.39. The van der Waals surface area contributed by atoms with Gasteiger partial charge in [-0.25, -0.2) is 9.59 Å². The molecular weight excluding hydrogens is 414 g/mol. The average Bonchev–Trinajstić information content (AvgIpc) is 3.30. The second kappa shape index (κ2) is 8.35. The van der Waals surface area contributed by atoms with Gasteiger partial charge in [-0.2, -0.15) is 5.26 Å². The molecule has 162 valence electrons. The molecule has 0 spiro atoms. The zero-order valence-electron chi connectivity index (χ0n) is 17.3. The lowest BCUT2D eigenvalue weighted by Crippen LogP contribution is -2.40. The van der Waals surface area contributed by atoms with Gasteiger partial charge in [-0.1, -0.05) is 24.3 Å². The zero-order valence-corrected chi connectivity index (χ0v) is 17.3. The molecule has 0 aliphatic carbocycles. The molecule has 0 radical (unpaired) electrons. The molecule has 0 amide bonds. The molecule has 9 heteroatoms. The molecule has 2 aromatic carbocycles. The van der Waals surface area contributed by atoms with Crippen molar-refractivity contribution in [1.82, 2.24) is 0 Å². The largest absolute Gasteiger partial charge is 0.466 e. The van der Waals surface area contributed by atoms with Gasteiger partial charge in [0.2, 0.25) is 6.79 Å². The lowest BCUT2D eigenvalue weighted by molar-refractivity contribution is -0.139. The van der Waals surface area contributed by atoms with Crippen molar-refractivity contribution in [2.75, 3.05) is 25.9 Å². The summed E-state index contributed by atoms with van der Waals surface area (Å²) in [6.07, 6.45) is 0. The normalized spacial score (nSPS) is 17.2. The van der Waals surface area contributed by atoms with Crippen LogP contribution in [-0.2, 0) is 19.1 Å². The Morgan fingerprint density at radius 3 is 2.41 bits per heavy atom. The van der Waals surface area contributed by atoms with Gasteiger partial charge in [0, 0.05) is 5.69 Å². The van der Waals surface area contributed by atoms with E-state index in [9.17, 15) is 14.9 Å². The van der Waals surface area contributed by atoms with Gasteiger partial charge in [0.15, 0.2) is 11.5 Å². The van der Waals surface area contributed by atoms with Gasteiger partial charge in [0.05, 0.1) is 37.4 Å². The average molecular weight is 433 g/mol. The Labute approximate surface area is 183 Å². The minimum atomic E-state index is -0.990. The number of anilines is 1. The Bertz CT molecular complexity index is 1200. The molecule has 2 aromatic rings. The molecule has 2 aliphatic heterocycles. The topological polar surface area (TPSA) is 124 Å². The van der Waals surface area contributed by atoms with Gasteiger partial charge >= 0.3 is 11.9 Å². The first-order chi connectivity index (χ1) is 15.5. The molecule has 0 saturated heterocycles. The summed E-state index contributed by atoms with van der Waals surface area (Å²) in [5.74, 6) is -1.62. The fourth-order valence-electron chi connectivity index (χ4n) is 3.81. The van der Waals surface area contributed by atoms with Crippen LogP contribution in [0, 0.1) is 11.3 Å². The number of ether oxygens (including phenoxy) is 4. The zero-order chi connectivity index (χ0) is 22.8. The maximum Gasteiger partial charge on any atom is 0.355 e. The van der Waals surface area contributed by atoms with Gasteiger partial charge < -0.3 is 24.7 Å². The second-order valence-corrected chi connectivity index (χ2v) is 6.87. The highest BCUT2D eigenvalue weighted by Gasteiger charge is 2.43. The van der Waals surface area contributed by atoms with E-state index >= 15 is 0 Å². The standard InChI is InChI=1S/C23H19N3O6/c1-29-22(27)19-18(13-8-9-16-17(10-13)32-12-31-16)15(11-24)21(25)26(20(19)23(28)30-2)14-6-4-3-5-7-14/h3-10,18H,12,25H2,1-2H3/t18-/m0/s1. The lowest BCUT2D eigenvalue weighted by atomic mass is 9.80. The van der Waals surface area contributed by atoms with E-state index in [2.05, 4.69) is 6.07 Å². The van der Waals surface area contributed by atoms with Crippen LogP contribution in [0.1, 0.15) is 11.5 Å². The number of nitriles is 1. The number of fused-ring (bicyclic) bond motifs is 1. The summed E-state index contributed by atoms with van der Waals surface area (Å²) in [5, 5.41) is 10.0. The summed E-state index contributed by atoms with van der Waals surface area (Å²) in [6, 6.07) is 15.8. The molecule has 2 N–H and O–H groups in total. The number of allylic oxidation sites excluding steroid dienone is 1. The molecule has 0 saturated carbocycles. The number of hydrogen-bond acceptors (Lipinski definition) is 9. The molecule has 2 aliphatic rings. The Kier molecular flexibility index (Phi) is 5.43. The summed E-state index contributed by atoms with van der Waals surface area (Å²) in [6.45, 7) is 0.0570. The number of esters is 2. The minimum absolute atomic E-state index is 0.00517. The fraction of sp³-hybridized carbons (Fsp3) is 0.174. The van der Waals surface area contributed by atoms with Crippen LogP contribution in [0.5, 0.6) is 11.5 Å². The number of hydrogen-bond donors (Lipinski definition) is 1. The van der Waals surface area contributed by atoms with Crippen molar-refractivity contribution in [3.05, 3.63) is 76.8 Å². The van der Waals surface area contributed by atoms with E-state index in [4.69, 9.17) is 24.7 Å². The number of benzene rings is 2. The lowest BCUT2D eigenvalue weighted by Gasteiger charge is -2.35. The van der Waals surface area contributed by atoms with Crippen molar-refractivity contribution in [2.45, 2.75) is 5.92 Å². The predicted molar refractivity (Wildman–Crippen MR) is 112 cm³/mol. The van der Waals surface area contributed by atoms with Crippen molar-refractivity contribution in [3.63, 3.8) is 0 Å². The van der Waals surface area contributed by atoms with Gasteiger partial charge in [-0.15, -0.1) is 0 Å². The summed E-state index contributed by atoms with van der Waals surface area (Å²) in [4.78, 5) is 27.3. The summed E-state index contributed by atoms with van der Waals surface area (Å²) in [5.41, 5.74) is 7.26. The number of carbonyl (C=O) groups excluding carboxylic acids is 2. The van der Waals surface area contributed by atoms with Crippen molar-refractivity contribution in [3.8, 4) is 17.6 Å². The summed E-state index contributed by atoms with van der Waals surface area (Å²) >= 11 is 0. The highest BCUT2D eigenvalue weighted by molar-refractivity contribution is 6.06. The third kappa shape index (κ3) is 3.28. The van der Waals surface area contributed by atoms with E-state index in [0.29, 0.717) is 22.7 Å². The number of para-hydroxylation sites is 1. The van der Waals surface area contributed by atoms with Gasteiger partial charge in [0.25, 0.3) is 0 Å². The van der Waals surface area contributed by atoms with Crippen LogP contribution in [0.4, 0.5) is 5.69 Å². The molecule has 0 bridgehead atoms. The van der Waals surface area contributed by atoms with Gasteiger partial charge in [-0.05, 0) is 29.8 Å². The molecular formula is C23H19N3O6. The molecule has 0 aromatic heterocycles. The first-order valence-corrected chi connectivity index (χ1v) is 9.57. The van der Waals surface area contributed by atoms with Gasteiger partial charge in [-0.3, -0.25) is 4.90 Å². The van der Waals surface area contributed by atoms with Crippen molar-refractivity contribution in [1.29, 1.82) is 5.26 Å². The van der Waals surface area contributed by atoms with Crippen LogP contribution in [-0.4, -0.2) is 33.0 Å². The second-order valence-electron chi connectivity index (χ2n) is 6.87. The fourth-order valence-corrected chi connectivity index (χ4v) is 3.81. The van der Waals surface area contributed by atoms with E-state index in [1.165, 1.54) is 19.1 Å². The Morgan fingerprint density at radius 2 is 1.75 bits per heavy atom. The van der Waals surface area contributed by atoms with Crippen LogP contribution < -0.4 is 20.1 Å². The van der Waals surface area contributed by atoms with Crippen LogP contribution in [0.3, 0.4) is 0 Å². The number of rotatable bonds is 4. The van der Waals surface area contributed by atoms with Crippen LogP contribution in [0.15, 0.2) is 71.2 Å². The van der Waals surface area contributed by atoms with Crippen LogP contribution in [0.25, 0.3) is 0 Å². The van der Waals surface area contributed by atoms with E-state index in [0.717, 1.165) is 0 Å². The monoisotopic (exact) mass is 433 g/mol. The van der Waals surface area contributed by atoms with Crippen molar-refractivity contribution >= 4 is 17.6 Å². The molecule has 0 fully saturated rings. The highest BCUT2D eigenvalue weighted by Crippen LogP contribution is 2.45. The van der Waals surface area contributed by atoms with E-state index in [1.807, 2.05) is 0 Å². The highest BCUT2D eigenvalue weighted by atomic mass is 16.7. The first kappa shape index (κ1) is 20.8. The SMILES string of the molecule is COC(=O)C1=C(C(=O)OC)N(c2ccccc2)C(N)=C(C#N)[C@@H]1c1ccc2c(c1)OCO2. The van der Waals surface area contributed by atoms with E-state index < -0.39 is 17.9 Å². The number of methoxy groups -OCH3 is 2. The summed E-state index contributed by atoms with van der Waals surface area (Å²) < 4.78 is 20.8. The minimum Gasteiger partial charge on any atom is -0.466 e. The molecule has 1 atom stereocenters. The van der Waals surface area contributed by atoms with E-state index in [-0.39, 0.29) is 29.5 Å². The quantitative estimate of drug-likeness (QED) is 0.723. The Hall–Kier alpha value is -4.45. The van der Waals surface area contributed by atoms with Crippen molar-refractivity contribution in [2.24, 2.45) is 5.73 Å². The predicted octanol–water partition coefficient (Wildman–Crippen LogP) is 2.31. The smallest absolute Gasteiger partial charge is 0.355 e. The Balaban J connectivity index is 2.03. The van der Waals surface area contributed by atoms with Crippen LogP contribution in [0.2, 0.25) is 0 Å².